The third-order valence-electron chi connectivity index (χ3n) is 4.98. The van der Waals surface area contributed by atoms with Gasteiger partial charge >= 0.3 is 0 Å². The molecular formula is C20H22FN3O6S. The van der Waals surface area contributed by atoms with Gasteiger partial charge in [-0.05, 0) is 61.4 Å². The van der Waals surface area contributed by atoms with Crippen LogP contribution in [0, 0.1) is 12.7 Å². The lowest BCUT2D eigenvalue weighted by Crippen LogP contribution is -2.65. The molecule has 0 bridgehead atoms. The molecule has 9 nitrogen and oxygen atoms in total. The summed E-state index contributed by atoms with van der Waals surface area (Å²) in [4.78, 5) is 23.8. The van der Waals surface area contributed by atoms with E-state index in [1.165, 1.54) is 48.8 Å². The first-order chi connectivity index (χ1) is 14.6. The predicted molar refractivity (Wildman–Crippen MR) is 107 cm³/mol. The number of carbonyl (C=O) groups excluding carboxylic acids is 2. The molecule has 1 aliphatic rings. The fraction of sp³-hybridized carbons (Fsp3) is 0.300. The van der Waals surface area contributed by atoms with E-state index in [0.717, 1.165) is 15.4 Å². The van der Waals surface area contributed by atoms with Crippen LogP contribution >= 0.6 is 0 Å². The number of hydroxylamine groups is 1. The van der Waals surface area contributed by atoms with Crippen molar-refractivity contribution in [1.29, 1.82) is 0 Å². The Hall–Kier alpha value is -3.02. The molecule has 0 aromatic heterocycles. The molecule has 3 rings (SSSR count). The van der Waals surface area contributed by atoms with Crippen molar-refractivity contribution in [2.24, 2.45) is 0 Å². The van der Waals surface area contributed by atoms with E-state index in [9.17, 15) is 22.4 Å². The molecule has 1 unspecified atom stereocenters. The zero-order valence-electron chi connectivity index (χ0n) is 16.8. The average molecular weight is 451 g/mol. The van der Waals surface area contributed by atoms with Gasteiger partial charge in [0, 0.05) is 0 Å². The number of rotatable bonds is 6. The molecular weight excluding hydrogens is 429 g/mol. The monoisotopic (exact) mass is 451 g/mol. The highest BCUT2D eigenvalue weighted by atomic mass is 32.2. The highest BCUT2D eigenvalue weighted by Gasteiger charge is 2.44. The minimum Gasteiger partial charge on any atom is -0.489 e. The van der Waals surface area contributed by atoms with Gasteiger partial charge < -0.3 is 10.1 Å². The number of ether oxygens (including phenoxy) is 1. The Balaban J connectivity index is 1.79. The third kappa shape index (κ3) is 4.84. The van der Waals surface area contributed by atoms with E-state index in [4.69, 9.17) is 9.94 Å². The molecule has 1 heterocycles. The fourth-order valence-corrected chi connectivity index (χ4v) is 4.97. The molecule has 2 aromatic rings. The second kappa shape index (κ2) is 9.00. The third-order valence-corrected chi connectivity index (χ3v) is 6.82. The molecule has 0 saturated carbocycles. The van der Waals surface area contributed by atoms with Crippen molar-refractivity contribution in [1.82, 2.24) is 15.1 Å². The van der Waals surface area contributed by atoms with Gasteiger partial charge in [0.1, 0.15) is 24.2 Å². The number of amides is 2. The molecule has 0 radical (unpaired) electrons. The summed E-state index contributed by atoms with van der Waals surface area (Å²) in [6, 6.07) is 7.66. The number of nitrogens with zero attached hydrogens (tertiary/aromatic N) is 1. The summed E-state index contributed by atoms with van der Waals surface area (Å²) in [5, 5.41) is 11.5. The minimum absolute atomic E-state index is 0.143. The second-order valence-corrected chi connectivity index (χ2v) is 9.05. The number of carbonyl (C=O) groups is 2. The molecule has 31 heavy (non-hydrogen) atoms. The SMILES string of the molecule is Cc1cc(F)ccc1COc1ccc(S(=O)(=O)N2CC(=O)NC(C)[C@@H]2C(=O)NO)cc1. The smallest absolute Gasteiger partial charge is 0.263 e. The summed E-state index contributed by atoms with van der Waals surface area (Å²) in [6.45, 7) is 2.83. The van der Waals surface area contributed by atoms with E-state index in [0.29, 0.717) is 5.75 Å². The lowest BCUT2D eigenvalue weighted by Gasteiger charge is -2.37. The Bertz CT molecular complexity index is 1090. The summed E-state index contributed by atoms with van der Waals surface area (Å²) >= 11 is 0. The van der Waals surface area contributed by atoms with Crippen LogP contribution < -0.4 is 15.5 Å². The van der Waals surface area contributed by atoms with Gasteiger partial charge in [-0.2, -0.15) is 4.31 Å². The molecule has 0 aliphatic carbocycles. The fourth-order valence-electron chi connectivity index (χ4n) is 3.35. The number of halogens is 1. The molecule has 166 valence electrons. The van der Waals surface area contributed by atoms with Crippen LogP contribution in [0.15, 0.2) is 47.4 Å². The molecule has 1 saturated heterocycles. The number of nitrogens with one attached hydrogen (secondary N) is 2. The van der Waals surface area contributed by atoms with E-state index in [2.05, 4.69) is 5.32 Å². The Kier molecular flexibility index (Phi) is 6.58. The maximum atomic E-state index is 13.2. The zero-order valence-corrected chi connectivity index (χ0v) is 17.6. The van der Waals surface area contributed by atoms with Gasteiger partial charge in [-0.1, -0.05) is 6.07 Å². The minimum atomic E-state index is -4.22. The standard InChI is InChI=1S/C20H22FN3O6S/c1-12-9-15(21)4-3-14(12)11-30-16-5-7-17(8-6-16)31(28,29)24-10-18(25)22-13(2)19(24)20(26)23-27/h3-9,13,19,27H,10-11H2,1-2H3,(H,22,25)(H,23,26)/t13?,19-/m1/s1. The predicted octanol–water partition coefficient (Wildman–Crippen LogP) is 1.10. The average Bonchev–Trinajstić information content (AvgIpc) is 2.72. The van der Waals surface area contributed by atoms with Crippen LogP contribution in [0.2, 0.25) is 0 Å². The van der Waals surface area contributed by atoms with E-state index < -0.39 is 40.5 Å². The van der Waals surface area contributed by atoms with Gasteiger partial charge in [0.2, 0.25) is 15.9 Å². The van der Waals surface area contributed by atoms with Gasteiger partial charge in [0.15, 0.2) is 0 Å². The van der Waals surface area contributed by atoms with Crippen molar-refractivity contribution in [2.75, 3.05) is 6.54 Å². The van der Waals surface area contributed by atoms with Gasteiger partial charge in [0.25, 0.3) is 5.91 Å². The molecule has 3 N–H and O–H groups in total. The number of aryl methyl sites for hydroxylation is 1. The number of sulfonamides is 1. The summed E-state index contributed by atoms with van der Waals surface area (Å²) in [5.74, 6) is -1.47. The van der Waals surface area contributed by atoms with E-state index in [1.54, 1.807) is 13.0 Å². The topological polar surface area (TPSA) is 125 Å². The van der Waals surface area contributed by atoms with Crippen molar-refractivity contribution >= 4 is 21.8 Å². The number of piperazine rings is 1. The first kappa shape index (κ1) is 22.7. The van der Waals surface area contributed by atoms with E-state index >= 15 is 0 Å². The van der Waals surface area contributed by atoms with Crippen LogP contribution in [0.4, 0.5) is 4.39 Å². The molecule has 2 amide bonds. The molecule has 11 heteroatoms. The normalized spacial score (nSPS) is 19.5. The highest BCUT2D eigenvalue weighted by Crippen LogP contribution is 2.25. The van der Waals surface area contributed by atoms with Crippen LogP contribution in [0.5, 0.6) is 5.75 Å². The Labute approximate surface area is 178 Å². The molecule has 2 atom stereocenters. The Morgan fingerprint density at radius 2 is 1.97 bits per heavy atom. The summed E-state index contributed by atoms with van der Waals surface area (Å²) in [5.41, 5.74) is 2.95. The first-order valence-corrected chi connectivity index (χ1v) is 10.8. The number of hydrogen-bond acceptors (Lipinski definition) is 6. The maximum Gasteiger partial charge on any atom is 0.263 e. The van der Waals surface area contributed by atoms with Crippen LogP contribution in [0.3, 0.4) is 0 Å². The molecule has 1 aliphatic heterocycles. The summed E-state index contributed by atoms with van der Waals surface area (Å²) in [7, 11) is -4.22. The van der Waals surface area contributed by atoms with E-state index in [-0.39, 0.29) is 17.3 Å². The summed E-state index contributed by atoms with van der Waals surface area (Å²) < 4.78 is 45.8. The van der Waals surface area contributed by atoms with Gasteiger partial charge in [0.05, 0.1) is 17.5 Å². The van der Waals surface area contributed by atoms with Crippen molar-refractivity contribution in [2.45, 2.75) is 37.4 Å². The molecule has 2 aromatic carbocycles. The lowest BCUT2D eigenvalue weighted by molar-refractivity contribution is -0.137. The maximum absolute atomic E-state index is 13.2. The summed E-state index contributed by atoms with van der Waals surface area (Å²) in [6.07, 6.45) is 0. The van der Waals surface area contributed by atoms with Crippen LogP contribution in [0.1, 0.15) is 18.1 Å². The van der Waals surface area contributed by atoms with Crippen molar-refractivity contribution in [3.63, 3.8) is 0 Å². The largest absolute Gasteiger partial charge is 0.489 e. The van der Waals surface area contributed by atoms with Gasteiger partial charge in [-0.3, -0.25) is 14.8 Å². The highest BCUT2D eigenvalue weighted by molar-refractivity contribution is 7.89. The molecule has 1 fully saturated rings. The molecule has 0 spiro atoms. The van der Waals surface area contributed by atoms with Crippen molar-refractivity contribution in [3.8, 4) is 5.75 Å². The Morgan fingerprint density at radius 1 is 1.29 bits per heavy atom. The van der Waals surface area contributed by atoms with Gasteiger partial charge in [-0.25, -0.2) is 18.3 Å². The van der Waals surface area contributed by atoms with Crippen molar-refractivity contribution in [3.05, 3.63) is 59.4 Å². The van der Waals surface area contributed by atoms with Crippen LogP contribution in [-0.4, -0.2) is 48.4 Å². The number of hydrogen-bond donors (Lipinski definition) is 3. The Morgan fingerprint density at radius 3 is 2.58 bits per heavy atom. The van der Waals surface area contributed by atoms with Gasteiger partial charge in [-0.15, -0.1) is 0 Å². The quantitative estimate of drug-likeness (QED) is 0.446. The van der Waals surface area contributed by atoms with Crippen molar-refractivity contribution < 1.29 is 32.3 Å². The second-order valence-electron chi connectivity index (χ2n) is 7.16. The van der Waals surface area contributed by atoms with Crippen LogP contribution in [-0.2, 0) is 26.2 Å². The van der Waals surface area contributed by atoms with Crippen LogP contribution in [0.25, 0.3) is 0 Å². The van der Waals surface area contributed by atoms with E-state index in [1.807, 2.05) is 0 Å². The lowest BCUT2D eigenvalue weighted by atomic mass is 10.1. The number of benzene rings is 2. The first-order valence-electron chi connectivity index (χ1n) is 9.36. The zero-order chi connectivity index (χ0) is 22.8.